The number of allylic oxidation sites excluding steroid dienone is 3. The number of hydrogen-bond donors (Lipinski definition) is 2. The predicted molar refractivity (Wildman–Crippen MR) is 76.8 cm³/mol. The van der Waals surface area contributed by atoms with E-state index in [1.807, 2.05) is 32.2 Å². The minimum atomic E-state index is -0.0942. The first-order chi connectivity index (χ1) is 9.13. The summed E-state index contributed by atoms with van der Waals surface area (Å²) in [5.74, 6) is -0.0940. The Labute approximate surface area is 114 Å². The molecular weight excluding hydrogens is 238 g/mol. The molecule has 0 aromatic carbocycles. The summed E-state index contributed by atoms with van der Waals surface area (Å²) in [7, 11) is 0. The summed E-state index contributed by atoms with van der Waals surface area (Å²) in [5, 5.41) is 10.6. The van der Waals surface area contributed by atoms with Gasteiger partial charge in [-0.25, -0.2) is 0 Å². The van der Waals surface area contributed by atoms with Gasteiger partial charge in [0.2, 0.25) is 0 Å². The van der Waals surface area contributed by atoms with Crippen LogP contribution in [0.25, 0.3) is 0 Å². The highest BCUT2D eigenvalue weighted by Gasteiger charge is 2.18. The standard InChI is InChI=1S/C15H21N3O/c1-11(2)15(19)13(9-16)14-6-5-12(10-17-14)18-7-3-4-8-18/h5-6,9-11,16-17H,3-4,7-8H2,1-2H3/b14-13+,16-9?. The number of likely N-dealkylation sites (tertiary alicyclic amines) is 1. The Balaban J connectivity index is 2.15. The Bertz CT molecular complexity index is 466. The van der Waals surface area contributed by atoms with Gasteiger partial charge in [-0.05, 0) is 25.0 Å². The van der Waals surface area contributed by atoms with Crippen molar-refractivity contribution < 1.29 is 4.79 Å². The fourth-order valence-corrected chi connectivity index (χ4v) is 2.35. The van der Waals surface area contributed by atoms with Crippen molar-refractivity contribution in [3.8, 4) is 0 Å². The zero-order valence-electron chi connectivity index (χ0n) is 11.6. The van der Waals surface area contributed by atoms with E-state index in [0.717, 1.165) is 30.7 Å². The maximum absolute atomic E-state index is 12.0. The maximum Gasteiger partial charge on any atom is 0.169 e. The van der Waals surface area contributed by atoms with Gasteiger partial charge in [0, 0.05) is 31.4 Å². The first-order valence-electron chi connectivity index (χ1n) is 6.82. The minimum absolute atomic E-state index is 0.000160. The van der Waals surface area contributed by atoms with Crippen LogP contribution in [0.5, 0.6) is 0 Å². The van der Waals surface area contributed by atoms with Crippen molar-refractivity contribution in [1.82, 2.24) is 10.2 Å². The normalized spacial score (nSPS) is 21.2. The van der Waals surface area contributed by atoms with Gasteiger partial charge in [0.25, 0.3) is 0 Å². The summed E-state index contributed by atoms with van der Waals surface area (Å²) in [4.78, 5) is 14.3. The Morgan fingerprint density at radius 1 is 1.37 bits per heavy atom. The molecule has 0 spiro atoms. The molecule has 1 saturated heterocycles. The lowest BCUT2D eigenvalue weighted by Crippen LogP contribution is -2.24. The Morgan fingerprint density at radius 2 is 2.05 bits per heavy atom. The lowest BCUT2D eigenvalue weighted by Gasteiger charge is -2.22. The van der Waals surface area contributed by atoms with Gasteiger partial charge in [0.05, 0.1) is 17.0 Å². The molecule has 0 amide bonds. The molecule has 2 aliphatic heterocycles. The van der Waals surface area contributed by atoms with Crippen molar-refractivity contribution in [2.24, 2.45) is 5.92 Å². The quantitative estimate of drug-likeness (QED) is 0.601. The van der Waals surface area contributed by atoms with Crippen LogP contribution in [0, 0.1) is 11.3 Å². The second-order valence-corrected chi connectivity index (χ2v) is 5.23. The average Bonchev–Trinajstić information content (AvgIpc) is 2.94. The van der Waals surface area contributed by atoms with E-state index >= 15 is 0 Å². The van der Waals surface area contributed by atoms with E-state index in [1.165, 1.54) is 12.8 Å². The van der Waals surface area contributed by atoms with E-state index < -0.39 is 0 Å². The Morgan fingerprint density at radius 3 is 2.53 bits per heavy atom. The number of rotatable bonds is 4. The molecule has 0 atom stereocenters. The fourth-order valence-electron chi connectivity index (χ4n) is 2.35. The van der Waals surface area contributed by atoms with Crippen molar-refractivity contribution in [3.05, 3.63) is 35.3 Å². The average molecular weight is 259 g/mol. The number of dihydropyridines is 1. The molecule has 102 valence electrons. The summed E-state index contributed by atoms with van der Waals surface area (Å²) in [6.07, 6.45) is 9.47. The van der Waals surface area contributed by atoms with Gasteiger partial charge in [0.15, 0.2) is 5.78 Å². The minimum Gasteiger partial charge on any atom is -0.370 e. The van der Waals surface area contributed by atoms with Crippen LogP contribution < -0.4 is 5.32 Å². The second kappa shape index (κ2) is 5.87. The van der Waals surface area contributed by atoms with Crippen molar-refractivity contribution in [2.45, 2.75) is 26.7 Å². The van der Waals surface area contributed by atoms with Crippen molar-refractivity contribution in [3.63, 3.8) is 0 Å². The second-order valence-electron chi connectivity index (χ2n) is 5.23. The highest BCUT2D eigenvalue weighted by atomic mass is 16.1. The van der Waals surface area contributed by atoms with Crippen LogP contribution in [-0.4, -0.2) is 30.0 Å². The summed E-state index contributed by atoms with van der Waals surface area (Å²) in [6.45, 7) is 5.90. The molecule has 2 rings (SSSR count). The van der Waals surface area contributed by atoms with Crippen LogP contribution in [0.1, 0.15) is 26.7 Å². The van der Waals surface area contributed by atoms with E-state index in [4.69, 9.17) is 5.41 Å². The van der Waals surface area contributed by atoms with Crippen LogP contribution in [0.3, 0.4) is 0 Å². The highest BCUT2D eigenvalue weighted by molar-refractivity contribution is 6.14. The van der Waals surface area contributed by atoms with Crippen molar-refractivity contribution in [2.75, 3.05) is 13.1 Å². The Kier molecular flexibility index (Phi) is 4.20. The smallest absolute Gasteiger partial charge is 0.169 e. The van der Waals surface area contributed by atoms with Crippen molar-refractivity contribution in [1.29, 1.82) is 5.41 Å². The molecule has 0 unspecified atom stereocenters. The van der Waals surface area contributed by atoms with Crippen LogP contribution in [-0.2, 0) is 4.79 Å². The molecule has 0 aromatic heterocycles. The number of nitrogens with one attached hydrogen (secondary N) is 2. The van der Waals surface area contributed by atoms with Gasteiger partial charge in [0.1, 0.15) is 0 Å². The number of hydrogen-bond acceptors (Lipinski definition) is 4. The van der Waals surface area contributed by atoms with Gasteiger partial charge < -0.3 is 15.6 Å². The van der Waals surface area contributed by atoms with Gasteiger partial charge in [-0.15, -0.1) is 0 Å². The van der Waals surface area contributed by atoms with E-state index in [0.29, 0.717) is 5.57 Å². The van der Waals surface area contributed by atoms with Gasteiger partial charge in [-0.3, -0.25) is 4.79 Å². The third-order valence-electron chi connectivity index (χ3n) is 3.49. The van der Waals surface area contributed by atoms with Crippen LogP contribution in [0.2, 0.25) is 0 Å². The molecule has 1 fully saturated rings. The largest absolute Gasteiger partial charge is 0.370 e. The number of carbonyl (C=O) groups excluding carboxylic acids is 1. The number of Topliss-reactive ketones (excluding diaryl/α,β-unsaturated/α-hetero) is 1. The van der Waals surface area contributed by atoms with Crippen LogP contribution in [0.15, 0.2) is 35.3 Å². The monoisotopic (exact) mass is 259 g/mol. The third-order valence-corrected chi connectivity index (χ3v) is 3.49. The highest BCUT2D eigenvalue weighted by Crippen LogP contribution is 2.19. The van der Waals surface area contributed by atoms with Crippen LogP contribution >= 0.6 is 0 Å². The van der Waals surface area contributed by atoms with E-state index in [2.05, 4.69) is 10.2 Å². The first kappa shape index (κ1) is 13.6. The van der Waals surface area contributed by atoms with Crippen molar-refractivity contribution >= 4 is 12.0 Å². The fraction of sp³-hybridized carbons (Fsp3) is 0.467. The molecule has 4 nitrogen and oxygen atoms in total. The molecule has 0 saturated carbocycles. The van der Waals surface area contributed by atoms with Gasteiger partial charge >= 0.3 is 0 Å². The number of ketones is 1. The molecule has 2 N–H and O–H groups in total. The third kappa shape index (κ3) is 2.95. The predicted octanol–water partition coefficient (Wildman–Crippen LogP) is 2.21. The number of carbonyl (C=O) groups is 1. The molecule has 2 heterocycles. The first-order valence-corrected chi connectivity index (χ1v) is 6.82. The van der Waals surface area contributed by atoms with Gasteiger partial charge in [-0.2, -0.15) is 0 Å². The van der Waals surface area contributed by atoms with E-state index in [-0.39, 0.29) is 11.7 Å². The van der Waals surface area contributed by atoms with Gasteiger partial charge in [-0.1, -0.05) is 13.8 Å². The molecule has 0 radical (unpaired) electrons. The molecule has 0 aliphatic carbocycles. The maximum atomic E-state index is 12.0. The van der Waals surface area contributed by atoms with E-state index in [1.54, 1.807) is 0 Å². The lowest BCUT2D eigenvalue weighted by molar-refractivity contribution is -0.117. The molecule has 0 aromatic rings. The molecule has 0 bridgehead atoms. The van der Waals surface area contributed by atoms with E-state index in [9.17, 15) is 4.79 Å². The summed E-state index contributed by atoms with van der Waals surface area (Å²) in [5.41, 5.74) is 2.32. The van der Waals surface area contributed by atoms with Crippen LogP contribution in [0.4, 0.5) is 0 Å². The SMILES string of the molecule is CC(C)C(=O)/C(C=N)=C1\C=CC(N2CCCC2)=CN1. The number of nitrogens with zero attached hydrogens (tertiary/aromatic N) is 1. The summed E-state index contributed by atoms with van der Waals surface area (Å²) < 4.78 is 0. The molecule has 19 heavy (non-hydrogen) atoms. The lowest BCUT2D eigenvalue weighted by atomic mass is 9.99. The molecule has 2 aliphatic rings. The molecular formula is C15H21N3O. The summed E-state index contributed by atoms with van der Waals surface area (Å²) >= 11 is 0. The zero-order valence-corrected chi connectivity index (χ0v) is 11.6. The zero-order chi connectivity index (χ0) is 13.8. The molecule has 4 heteroatoms. The Hall–Kier alpha value is -1.84. The summed E-state index contributed by atoms with van der Waals surface area (Å²) in [6, 6.07) is 0. The topological polar surface area (TPSA) is 56.2 Å².